The number of pyridine rings is 1. The summed E-state index contributed by atoms with van der Waals surface area (Å²) in [5.74, 6) is -0.672. The Morgan fingerprint density at radius 2 is 2.05 bits per heavy atom. The largest absolute Gasteiger partial charge is 0.468 e. The molecular weight excluding hydrogens is 321 g/mol. The lowest BCUT2D eigenvalue weighted by Crippen LogP contribution is -2.19. The predicted octanol–water partition coefficient (Wildman–Crippen LogP) is 3.93. The van der Waals surface area contributed by atoms with E-state index in [9.17, 15) is 18.0 Å². The number of halogens is 4. The second kappa shape index (κ2) is 6.65. The second-order valence-corrected chi connectivity index (χ2v) is 4.69. The standard InChI is InChI=1S/C14H10ClF3N2O2/c15-10-2-1-3-11(6-10)20-13(21)9-4-5-12(19-7-9)22-8-14(16,17)18/h1-7H,8H2,(H,20,21). The monoisotopic (exact) mass is 330 g/mol. The van der Waals surface area contributed by atoms with Gasteiger partial charge in [-0.3, -0.25) is 4.79 Å². The van der Waals surface area contributed by atoms with Crippen LogP contribution in [0.1, 0.15) is 10.4 Å². The summed E-state index contributed by atoms with van der Waals surface area (Å²) in [5, 5.41) is 3.06. The van der Waals surface area contributed by atoms with Crippen molar-refractivity contribution in [3.05, 3.63) is 53.2 Å². The van der Waals surface area contributed by atoms with Crippen LogP contribution in [0.4, 0.5) is 18.9 Å². The maximum absolute atomic E-state index is 12.0. The summed E-state index contributed by atoms with van der Waals surface area (Å²) >= 11 is 5.79. The average Bonchev–Trinajstić information content (AvgIpc) is 2.45. The summed E-state index contributed by atoms with van der Waals surface area (Å²) < 4.78 is 40.4. The lowest BCUT2D eigenvalue weighted by atomic mass is 10.2. The Labute approximate surface area is 128 Å². The van der Waals surface area contributed by atoms with Crippen LogP contribution >= 0.6 is 11.6 Å². The van der Waals surface area contributed by atoms with Crippen LogP contribution in [0, 0.1) is 0 Å². The SMILES string of the molecule is O=C(Nc1cccc(Cl)c1)c1ccc(OCC(F)(F)F)nc1. The first-order valence-corrected chi connectivity index (χ1v) is 6.44. The van der Waals surface area contributed by atoms with Crippen LogP contribution in [0.3, 0.4) is 0 Å². The number of carbonyl (C=O) groups is 1. The summed E-state index contributed by atoms with van der Waals surface area (Å²) in [6, 6.07) is 9.05. The first-order valence-electron chi connectivity index (χ1n) is 6.06. The molecule has 0 saturated heterocycles. The summed E-state index contributed by atoms with van der Waals surface area (Å²) in [6.07, 6.45) is -3.31. The number of nitrogens with zero attached hydrogens (tertiary/aromatic N) is 1. The fourth-order valence-corrected chi connectivity index (χ4v) is 1.72. The molecule has 1 aromatic carbocycles. The second-order valence-electron chi connectivity index (χ2n) is 4.25. The van der Waals surface area contributed by atoms with Crippen molar-refractivity contribution < 1.29 is 22.7 Å². The molecule has 0 bridgehead atoms. The molecule has 2 rings (SSSR count). The Balaban J connectivity index is 1.99. The minimum absolute atomic E-state index is 0.180. The first-order chi connectivity index (χ1) is 10.3. The summed E-state index contributed by atoms with van der Waals surface area (Å²) in [5.41, 5.74) is 0.675. The van der Waals surface area contributed by atoms with E-state index in [1.54, 1.807) is 24.3 Å². The van der Waals surface area contributed by atoms with Gasteiger partial charge in [0.15, 0.2) is 6.61 Å². The van der Waals surface area contributed by atoms with E-state index >= 15 is 0 Å². The molecule has 22 heavy (non-hydrogen) atoms. The molecule has 4 nitrogen and oxygen atoms in total. The van der Waals surface area contributed by atoms with E-state index in [-0.39, 0.29) is 11.4 Å². The number of benzene rings is 1. The van der Waals surface area contributed by atoms with Gasteiger partial charge in [-0.1, -0.05) is 17.7 Å². The van der Waals surface area contributed by atoms with Crippen molar-refractivity contribution >= 4 is 23.2 Å². The molecule has 0 atom stereocenters. The lowest BCUT2D eigenvalue weighted by molar-refractivity contribution is -0.154. The molecule has 1 amide bonds. The number of aromatic nitrogens is 1. The third-order valence-electron chi connectivity index (χ3n) is 2.46. The third kappa shape index (κ3) is 4.92. The van der Waals surface area contributed by atoms with Crippen molar-refractivity contribution in [2.75, 3.05) is 11.9 Å². The van der Waals surface area contributed by atoms with Gasteiger partial charge in [-0.05, 0) is 24.3 Å². The van der Waals surface area contributed by atoms with Crippen LogP contribution in [0.15, 0.2) is 42.6 Å². The minimum atomic E-state index is -4.44. The van der Waals surface area contributed by atoms with Crippen molar-refractivity contribution in [2.45, 2.75) is 6.18 Å². The van der Waals surface area contributed by atoms with Crippen LogP contribution in [0.25, 0.3) is 0 Å². The molecule has 116 valence electrons. The van der Waals surface area contributed by atoms with Crippen LogP contribution in [0.5, 0.6) is 5.88 Å². The highest BCUT2D eigenvalue weighted by Gasteiger charge is 2.28. The zero-order valence-electron chi connectivity index (χ0n) is 11.0. The molecule has 2 aromatic rings. The molecular formula is C14H10ClF3N2O2. The number of nitrogens with one attached hydrogen (secondary N) is 1. The number of hydrogen-bond donors (Lipinski definition) is 1. The van der Waals surface area contributed by atoms with Gasteiger partial charge in [0.1, 0.15) is 0 Å². The predicted molar refractivity (Wildman–Crippen MR) is 75.2 cm³/mol. The number of anilines is 1. The third-order valence-corrected chi connectivity index (χ3v) is 2.70. The minimum Gasteiger partial charge on any atom is -0.468 e. The number of hydrogen-bond acceptors (Lipinski definition) is 3. The highest BCUT2D eigenvalue weighted by atomic mass is 35.5. The van der Waals surface area contributed by atoms with E-state index in [1.807, 2.05) is 0 Å². The van der Waals surface area contributed by atoms with E-state index in [1.165, 1.54) is 12.1 Å². The molecule has 0 aliphatic rings. The zero-order chi connectivity index (χ0) is 16.2. The molecule has 0 aliphatic heterocycles. The number of alkyl halides is 3. The lowest BCUT2D eigenvalue weighted by Gasteiger charge is -2.09. The molecule has 1 heterocycles. The van der Waals surface area contributed by atoms with E-state index in [2.05, 4.69) is 15.0 Å². The van der Waals surface area contributed by atoms with Crippen molar-refractivity contribution in [1.82, 2.24) is 4.98 Å². The van der Waals surface area contributed by atoms with E-state index < -0.39 is 18.7 Å². The van der Waals surface area contributed by atoms with Crippen molar-refractivity contribution in [2.24, 2.45) is 0 Å². The van der Waals surface area contributed by atoms with Crippen LogP contribution in [-0.2, 0) is 0 Å². The normalized spacial score (nSPS) is 11.1. The van der Waals surface area contributed by atoms with Gasteiger partial charge >= 0.3 is 6.18 Å². The highest BCUT2D eigenvalue weighted by molar-refractivity contribution is 6.30. The van der Waals surface area contributed by atoms with Gasteiger partial charge in [-0.25, -0.2) is 4.98 Å². The smallest absolute Gasteiger partial charge is 0.422 e. The Kier molecular flexibility index (Phi) is 4.87. The summed E-state index contributed by atoms with van der Waals surface area (Å²) in [4.78, 5) is 15.6. The quantitative estimate of drug-likeness (QED) is 0.924. The molecule has 0 unspecified atom stereocenters. The molecule has 1 N–H and O–H groups in total. The van der Waals surface area contributed by atoms with E-state index in [0.29, 0.717) is 10.7 Å². The fourth-order valence-electron chi connectivity index (χ4n) is 1.53. The van der Waals surface area contributed by atoms with Gasteiger partial charge in [0, 0.05) is 23.0 Å². The van der Waals surface area contributed by atoms with Gasteiger partial charge in [-0.15, -0.1) is 0 Å². The molecule has 0 radical (unpaired) electrons. The fraction of sp³-hybridized carbons (Fsp3) is 0.143. The number of amides is 1. The number of ether oxygens (including phenoxy) is 1. The Morgan fingerprint density at radius 3 is 2.64 bits per heavy atom. The average molecular weight is 331 g/mol. The number of rotatable bonds is 4. The van der Waals surface area contributed by atoms with Crippen LogP contribution < -0.4 is 10.1 Å². The zero-order valence-corrected chi connectivity index (χ0v) is 11.8. The topological polar surface area (TPSA) is 51.2 Å². The van der Waals surface area contributed by atoms with Gasteiger partial charge in [0.25, 0.3) is 5.91 Å². The van der Waals surface area contributed by atoms with Crippen LogP contribution in [-0.4, -0.2) is 23.7 Å². The molecule has 1 aromatic heterocycles. The summed E-state index contributed by atoms with van der Waals surface area (Å²) in [7, 11) is 0. The first kappa shape index (κ1) is 16.1. The molecule has 0 spiro atoms. The van der Waals surface area contributed by atoms with E-state index in [4.69, 9.17) is 11.6 Å². The Hall–Kier alpha value is -2.28. The summed E-state index contributed by atoms with van der Waals surface area (Å²) in [6.45, 7) is -1.44. The van der Waals surface area contributed by atoms with Gasteiger partial charge in [-0.2, -0.15) is 13.2 Å². The Morgan fingerprint density at radius 1 is 1.27 bits per heavy atom. The van der Waals surface area contributed by atoms with Crippen LogP contribution in [0.2, 0.25) is 5.02 Å². The van der Waals surface area contributed by atoms with Crippen molar-refractivity contribution in [1.29, 1.82) is 0 Å². The molecule has 0 fully saturated rings. The maximum Gasteiger partial charge on any atom is 0.422 e. The van der Waals surface area contributed by atoms with Gasteiger partial charge in [0.2, 0.25) is 5.88 Å². The number of carbonyl (C=O) groups excluding carboxylic acids is 1. The highest BCUT2D eigenvalue weighted by Crippen LogP contribution is 2.18. The van der Waals surface area contributed by atoms with Crippen molar-refractivity contribution in [3.63, 3.8) is 0 Å². The Bertz CT molecular complexity index is 660. The molecule has 8 heteroatoms. The van der Waals surface area contributed by atoms with Crippen molar-refractivity contribution in [3.8, 4) is 5.88 Å². The van der Waals surface area contributed by atoms with Gasteiger partial charge in [0.05, 0.1) is 5.56 Å². The molecule has 0 saturated carbocycles. The van der Waals surface area contributed by atoms with Gasteiger partial charge < -0.3 is 10.1 Å². The maximum atomic E-state index is 12.0. The van der Waals surface area contributed by atoms with E-state index in [0.717, 1.165) is 6.20 Å². The molecule has 0 aliphatic carbocycles.